The number of hydrogen-bond donors (Lipinski definition) is 3. The Labute approximate surface area is 124 Å². The molecule has 0 saturated heterocycles. The van der Waals surface area contributed by atoms with Gasteiger partial charge < -0.3 is 16.2 Å². The first-order valence-electron chi connectivity index (χ1n) is 7.41. The Morgan fingerprint density at radius 1 is 1.10 bits per heavy atom. The first kappa shape index (κ1) is 15.4. The molecule has 1 aromatic rings. The highest BCUT2D eigenvalue weighted by atomic mass is 16.4. The van der Waals surface area contributed by atoms with Gasteiger partial charge in [0.05, 0.1) is 5.41 Å². The van der Waals surface area contributed by atoms with Crippen molar-refractivity contribution >= 4 is 17.6 Å². The van der Waals surface area contributed by atoms with Crippen LogP contribution in [0.15, 0.2) is 24.3 Å². The van der Waals surface area contributed by atoms with Gasteiger partial charge in [-0.1, -0.05) is 25.7 Å². The highest BCUT2D eigenvalue weighted by Gasteiger charge is 2.38. The average molecular weight is 290 g/mol. The van der Waals surface area contributed by atoms with Crippen LogP contribution in [0.25, 0.3) is 0 Å². The summed E-state index contributed by atoms with van der Waals surface area (Å²) in [6.45, 7) is 0.415. The van der Waals surface area contributed by atoms with E-state index in [1.165, 1.54) is 0 Å². The first-order valence-corrected chi connectivity index (χ1v) is 7.41. The maximum Gasteiger partial charge on any atom is 0.311 e. The first-order chi connectivity index (χ1) is 10.0. The number of primary amides is 1. The minimum atomic E-state index is -0.717. The topological polar surface area (TPSA) is 92.4 Å². The molecule has 2 rings (SSSR count). The van der Waals surface area contributed by atoms with Crippen molar-refractivity contribution in [3.8, 4) is 0 Å². The largest absolute Gasteiger partial charge is 0.481 e. The minimum Gasteiger partial charge on any atom is -0.481 e. The highest BCUT2D eigenvalue weighted by Crippen LogP contribution is 2.35. The average Bonchev–Trinajstić information content (AvgIpc) is 2.72. The van der Waals surface area contributed by atoms with Crippen molar-refractivity contribution in [2.45, 2.75) is 38.5 Å². The molecule has 0 radical (unpaired) electrons. The van der Waals surface area contributed by atoms with Gasteiger partial charge in [-0.2, -0.15) is 0 Å². The van der Waals surface area contributed by atoms with Gasteiger partial charge in [-0.25, -0.2) is 0 Å². The third-order valence-electron chi connectivity index (χ3n) is 4.31. The maximum absolute atomic E-state index is 11.7. The molecular weight excluding hydrogens is 268 g/mol. The van der Waals surface area contributed by atoms with Crippen molar-refractivity contribution in [2.75, 3.05) is 11.9 Å². The number of amides is 1. The molecule has 0 heterocycles. The Kier molecular flexibility index (Phi) is 4.83. The number of nitrogens with two attached hydrogens (primary N) is 1. The van der Waals surface area contributed by atoms with Crippen LogP contribution in [0.4, 0.5) is 5.69 Å². The molecule has 4 N–H and O–H groups in total. The second kappa shape index (κ2) is 6.61. The lowest BCUT2D eigenvalue weighted by molar-refractivity contribution is -0.149. The van der Waals surface area contributed by atoms with Crippen molar-refractivity contribution in [3.05, 3.63) is 29.8 Å². The molecule has 5 heteroatoms. The van der Waals surface area contributed by atoms with Crippen molar-refractivity contribution in [1.82, 2.24) is 0 Å². The molecule has 0 spiro atoms. The lowest BCUT2D eigenvalue weighted by Gasteiger charge is -2.28. The Bertz CT molecular complexity index is 503. The third-order valence-corrected chi connectivity index (χ3v) is 4.31. The molecule has 0 atom stereocenters. The van der Waals surface area contributed by atoms with E-state index in [-0.39, 0.29) is 0 Å². The summed E-state index contributed by atoms with van der Waals surface area (Å²) in [7, 11) is 0. The number of carboxylic acid groups (broad SMARTS) is 1. The summed E-state index contributed by atoms with van der Waals surface area (Å²) in [4.78, 5) is 22.7. The van der Waals surface area contributed by atoms with Gasteiger partial charge in [-0.3, -0.25) is 9.59 Å². The van der Waals surface area contributed by atoms with E-state index in [0.29, 0.717) is 24.9 Å². The van der Waals surface area contributed by atoms with Gasteiger partial charge in [0.2, 0.25) is 5.91 Å². The van der Waals surface area contributed by atoms with E-state index in [1.807, 2.05) is 0 Å². The Hall–Kier alpha value is -2.04. The lowest BCUT2D eigenvalue weighted by Crippen LogP contribution is -2.37. The van der Waals surface area contributed by atoms with Crippen LogP contribution in [0, 0.1) is 5.41 Å². The van der Waals surface area contributed by atoms with Gasteiger partial charge in [0, 0.05) is 17.8 Å². The molecule has 114 valence electrons. The summed E-state index contributed by atoms with van der Waals surface area (Å²) < 4.78 is 0. The van der Waals surface area contributed by atoms with E-state index >= 15 is 0 Å². The monoisotopic (exact) mass is 290 g/mol. The molecule has 5 nitrogen and oxygen atoms in total. The predicted octanol–water partition coefficient (Wildman–Crippen LogP) is 2.62. The van der Waals surface area contributed by atoms with Crippen LogP contribution < -0.4 is 11.1 Å². The number of nitrogens with one attached hydrogen (secondary N) is 1. The summed E-state index contributed by atoms with van der Waals surface area (Å²) in [5.74, 6) is -1.18. The molecule has 0 aliphatic heterocycles. The molecule has 21 heavy (non-hydrogen) atoms. The summed E-state index contributed by atoms with van der Waals surface area (Å²) in [6.07, 6.45) is 5.59. The highest BCUT2D eigenvalue weighted by molar-refractivity contribution is 5.93. The van der Waals surface area contributed by atoms with Crippen LogP contribution in [-0.2, 0) is 4.79 Å². The number of hydrogen-bond acceptors (Lipinski definition) is 3. The van der Waals surface area contributed by atoms with E-state index in [9.17, 15) is 14.7 Å². The molecular formula is C16H22N2O3. The van der Waals surface area contributed by atoms with Crippen LogP contribution in [0.3, 0.4) is 0 Å². The number of carboxylic acids is 1. The molecule has 1 saturated carbocycles. The number of carbonyl (C=O) groups excluding carboxylic acids is 1. The minimum absolute atomic E-state index is 0.415. The van der Waals surface area contributed by atoms with E-state index in [0.717, 1.165) is 31.4 Å². The van der Waals surface area contributed by atoms with Crippen LogP contribution in [0.5, 0.6) is 0 Å². The van der Waals surface area contributed by atoms with Gasteiger partial charge in [0.15, 0.2) is 0 Å². The zero-order chi connectivity index (χ0) is 15.3. The van der Waals surface area contributed by atoms with Gasteiger partial charge in [0.1, 0.15) is 0 Å². The van der Waals surface area contributed by atoms with Crippen molar-refractivity contribution in [1.29, 1.82) is 0 Å². The normalized spacial score (nSPS) is 17.7. The Morgan fingerprint density at radius 3 is 2.14 bits per heavy atom. The quantitative estimate of drug-likeness (QED) is 0.727. The van der Waals surface area contributed by atoms with Crippen LogP contribution in [-0.4, -0.2) is 23.5 Å². The summed E-state index contributed by atoms with van der Waals surface area (Å²) in [5, 5.41) is 12.8. The summed E-state index contributed by atoms with van der Waals surface area (Å²) in [6, 6.07) is 6.80. The summed E-state index contributed by atoms with van der Waals surface area (Å²) in [5.41, 5.74) is 5.77. The SMILES string of the molecule is NC(=O)c1ccc(NCC2(C(=O)O)CCCCCC2)cc1. The van der Waals surface area contributed by atoms with E-state index < -0.39 is 17.3 Å². The molecule has 1 amide bonds. The number of carbonyl (C=O) groups is 2. The van der Waals surface area contributed by atoms with Gasteiger partial charge in [-0.15, -0.1) is 0 Å². The zero-order valence-corrected chi connectivity index (χ0v) is 12.1. The smallest absolute Gasteiger partial charge is 0.311 e. The predicted molar refractivity (Wildman–Crippen MR) is 81.2 cm³/mol. The number of aliphatic carboxylic acids is 1. The van der Waals surface area contributed by atoms with Crippen LogP contribution >= 0.6 is 0 Å². The molecule has 1 aromatic carbocycles. The van der Waals surface area contributed by atoms with Crippen molar-refractivity contribution in [2.24, 2.45) is 11.1 Å². The molecule has 1 fully saturated rings. The lowest BCUT2D eigenvalue weighted by atomic mass is 9.80. The van der Waals surface area contributed by atoms with Crippen LogP contribution in [0.1, 0.15) is 48.9 Å². The molecule has 0 bridgehead atoms. The Morgan fingerprint density at radius 2 is 1.67 bits per heavy atom. The Balaban J connectivity index is 2.04. The fourth-order valence-electron chi connectivity index (χ4n) is 2.90. The number of rotatable bonds is 5. The molecule has 1 aliphatic carbocycles. The zero-order valence-electron chi connectivity index (χ0n) is 12.1. The molecule has 0 unspecified atom stereocenters. The van der Waals surface area contributed by atoms with Gasteiger partial charge in [-0.05, 0) is 37.1 Å². The standard InChI is InChI=1S/C16H22N2O3/c17-14(19)12-5-7-13(8-6-12)18-11-16(15(20)21)9-3-1-2-4-10-16/h5-8,18H,1-4,9-11H2,(H2,17,19)(H,20,21). The second-order valence-electron chi connectivity index (χ2n) is 5.79. The van der Waals surface area contributed by atoms with E-state index in [4.69, 9.17) is 5.73 Å². The fourth-order valence-corrected chi connectivity index (χ4v) is 2.90. The van der Waals surface area contributed by atoms with E-state index in [1.54, 1.807) is 24.3 Å². The molecule has 0 aromatic heterocycles. The van der Waals surface area contributed by atoms with Gasteiger partial charge in [0.25, 0.3) is 0 Å². The van der Waals surface area contributed by atoms with Crippen molar-refractivity contribution < 1.29 is 14.7 Å². The van der Waals surface area contributed by atoms with Gasteiger partial charge >= 0.3 is 5.97 Å². The number of benzene rings is 1. The van der Waals surface area contributed by atoms with Crippen LogP contribution in [0.2, 0.25) is 0 Å². The maximum atomic E-state index is 11.7. The van der Waals surface area contributed by atoms with E-state index in [2.05, 4.69) is 5.32 Å². The number of anilines is 1. The summed E-state index contributed by atoms with van der Waals surface area (Å²) >= 11 is 0. The fraction of sp³-hybridized carbons (Fsp3) is 0.500. The second-order valence-corrected chi connectivity index (χ2v) is 5.79. The molecule has 1 aliphatic rings. The van der Waals surface area contributed by atoms with Crippen molar-refractivity contribution in [3.63, 3.8) is 0 Å². The third kappa shape index (κ3) is 3.74.